The van der Waals surface area contributed by atoms with E-state index in [2.05, 4.69) is 4.90 Å². The SMILES string of the molecule is COC(=O)CN(C1CCN(CCCOc2ccc(Cl)c(Cl)c2)CC1)S(=O)(=O)c1ccc(F)cc1. The highest BCUT2D eigenvalue weighted by Crippen LogP contribution is 2.27. The molecule has 0 radical (unpaired) electrons. The quantitative estimate of drug-likeness (QED) is 0.336. The molecule has 1 heterocycles. The van der Waals surface area contributed by atoms with Crippen molar-refractivity contribution in [2.45, 2.75) is 30.2 Å². The molecule has 1 aliphatic rings. The summed E-state index contributed by atoms with van der Waals surface area (Å²) in [7, 11) is -2.78. The summed E-state index contributed by atoms with van der Waals surface area (Å²) >= 11 is 11.9. The van der Waals surface area contributed by atoms with Crippen molar-refractivity contribution >= 4 is 39.2 Å². The number of piperidine rings is 1. The number of hydrogen-bond donors (Lipinski definition) is 0. The van der Waals surface area contributed by atoms with E-state index in [4.69, 9.17) is 32.7 Å². The number of esters is 1. The zero-order valence-electron chi connectivity index (χ0n) is 18.8. The lowest BCUT2D eigenvalue weighted by Crippen LogP contribution is -2.49. The Hall–Kier alpha value is -1.91. The molecule has 0 saturated carbocycles. The molecule has 0 spiro atoms. The number of nitrogens with zero attached hydrogens (tertiary/aromatic N) is 2. The zero-order chi connectivity index (χ0) is 24.7. The molecule has 0 bridgehead atoms. The van der Waals surface area contributed by atoms with Crippen LogP contribution in [0.3, 0.4) is 0 Å². The maximum Gasteiger partial charge on any atom is 0.321 e. The standard InChI is InChI=1S/C23H27Cl2FN2O5S/c1-32-23(29)16-28(34(30,31)20-6-3-17(26)4-7-20)18-9-12-27(13-10-18)11-2-14-33-19-5-8-21(24)22(25)15-19/h3-8,15,18H,2,9-14,16H2,1H3. The lowest BCUT2D eigenvalue weighted by molar-refractivity contribution is -0.141. The van der Waals surface area contributed by atoms with Crippen LogP contribution in [0.5, 0.6) is 5.75 Å². The number of carbonyl (C=O) groups is 1. The lowest BCUT2D eigenvalue weighted by Gasteiger charge is -2.37. The number of ether oxygens (including phenoxy) is 2. The lowest BCUT2D eigenvalue weighted by atomic mass is 10.0. The molecule has 34 heavy (non-hydrogen) atoms. The fourth-order valence-corrected chi connectivity index (χ4v) is 5.74. The van der Waals surface area contributed by atoms with Crippen LogP contribution >= 0.6 is 23.2 Å². The average molecular weight is 533 g/mol. The van der Waals surface area contributed by atoms with E-state index in [-0.39, 0.29) is 10.9 Å². The summed E-state index contributed by atoms with van der Waals surface area (Å²) in [6.07, 6.45) is 1.90. The fourth-order valence-electron chi connectivity index (χ4n) is 3.82. The number of likely N-dealkylation sites (tertiary alicyclic amines) is 1. The number of methoxy groups -OCH3 is 1. The van der Waals surface area contributed by atoms with Gasteiger partial charge in [-0.3, -0.25) is 4.79 Å². The smallest absolute Gasteiger partial charge is 0.321 e. The van der Waals surface area contributed by atoms with Gasteiger partial charge in [-0.1, -0.05) is 23.2 Å². The molecule has 0 N–H and O–H groups in total. The van der Waals surface area contributed by atoms with Gasteiger partial charge in [-0.15, -0.1) is 0 Å². The molecule has 1 aliphatic heterocycles. The largest absolute Gasteiger partial charge is 0.493 e. The topological polar surface area (TPSA) is 76.2 Å². The minimum Gasteiger partial charge on any atom is -0.493 e. The fraction of sp³-hybridized carbons (Fsp3) is 0.435. The van der Waals surface area contributed by atoms with E-state index in [0.29, 0.717) is 48.3 Å². The maximum atomic E-state index is 13.3. The molecule has 0 atom stereocenters. The second kappa shape index (κ2) is 12.2. The Kier molecular flexibility index (Phi) is 9.56. The molecular weight excluding hydrogens is 506 g/mol. The van der Waals surface area contributed by atoms with Gasteiger partial charge in [0.2, 0.25) is 10.0 Å². The van der Waals surface area contributed by atoms with Crippen LogP contribution in [0.2, 0.25) is 10.0 Å². The van der Waals surface area contributed by atoms with Crippen molar-refractivity contribution in [2.75, 3.05) is 39.9 Å². The number of carbonyl (C=O) groups excluding carboxylic acids is 1. The maximum absolute atomic E-state index is 13.3. The summed E-state index contributed by atoms with van der Waals surface area (Å²) in [6, 6.07) is 9.35. The Morgan fingerprint density at radius 1 is 1.12 bits per heavy atom. The molecular formula is C23H27Cl2FN2O5S. The van der Waals surface area contributed by atoms with E-state index in [0.717, 1.165) is 25.1 Å². The molecule has 186 valence electrons. The van der Waals surface area contributed by atoms with Gasteiger partial charge in [0.05, 0.1) is 28.7 Å². The monoisotopic (exact) mass is 532 g/mol. The van der Waals surface area contributed by atoms with E-state index in [1.807, 2.05) is 0 Å². The Labute approximate surface area is 209 Å². The predicted molar refractivity (Wildman–Crippen MR) is 128 cm³/mol. The third-order valence-electron chi connectivity index (χ3n) is 5.68. The van der Waals surface area contributed by atoms with Gasteiger partial charge in [-0.25, -0.2) is 12.8 Å². The van der Waals surface area contributed by atoms with Gasteiger partial charge >= 0.3 is 5.97 Å². The minimum absolute atomic E-state index is 0.0558. The third-order valence-corrected chi connectivity index (χ3v) is 8.33. The molecule has 7 nitrogen and oxygen atoms in total. The second-order valence-electron chi connectivity index (χ2n) is 7.93. The first-order valence-electron chi connectivity index (χ1n) is 10.8. The molecule has 2 aromatic rings. The van der Waals surface area contributed by atoms with Gasteiger partial charge < -0.3 is 14.4 Å². The number of sulfonamides is 1. The molecule has 0 aromatic heterocycles. The summed E-state index contributed by atoms with van der Waals surface area (Å²) in [4.78, 5) is 14.1. The van der Waals surface area contributed by atoms with Crippen molar-refractivity contribution in [3.05, 3.63) is 58.3 Å². The summed E-state index contributed by atoms with van der Waals surface area (Å²) in [5, 5.41) is 0.910. The third kappa shape index (κ3) is 7.05. The predicted octanol–water partition coefficient (Wildman–Crippen LogP) is 4.23. The van der Waals surface area contributed by atoms with Gasteiger partial charge in [0.15, 0.2) is 0 Å². The molecule has 1 saturated heterocycles. The number of benzene rings is 2. The van der Waals surface area contributed by atoms with E-state index in [9.17, 15) is 17.6 Å². The van der Waals surface area contributed by atoms with Gasteiger partial charge in [-0.05, 0) is 68.8 Å². The van der Waals surface area contributed by atoms with Crippen LogP contribution in [-0.2, 0) is 19.6 Å². The van der Waals surface area contributed by atoms with Crippen molar-refractivity contribution < 1.29 is 27.1 Å². The van der Waals surface area contributed by atoms with Crippen LogP contribution in [-0.4, -0.2) is 69.5 Å². The normalized spacial score (nSPS) is 15.4. The minimum atomic E-state index is -3.99. The zero-order valence-corrected chi connectivity index (χ0v) is 21.1. The van der Waals surface area contributed by atoms with E-state index in [1.54, 1.807) is 18.2 Å². The van der Waals surface area contributed by atoms with Crippen LogP contribution in [0.1, 0.15) is 19.3 Å². The van der Waals surface area contributed by atoms with Crippen LogP contribution in [0, 0.1) is 5.82 Å². The van der Waals surface area contributed by atoms with Crippen LogP contribution in [0.4, 0.5) is 4.39 Å². The van der Waals surface area contributed by atoms with Gasteiger partial charge in [0.25, 0.3) is 0 Å². The number of hydrogen-bond acceptors (Lipinski definition) is 6. The molecule has 0 amide bonds. The summed E-state index contributed by atoms with van der Waals surface area (Å²) < 4.78 is 51.3. The average Bonchev–Trinajstić information content (AvgIpc) is 2.83. The first-order valence-corrected chi connectivity index (χ1v) is 13.0. The Balaban J connectivity index is 1.55. The summed E-state index contributed by atoms with van der Waals surface area (Å²) in [5.41, 5.74) is 0. The number of rotatable bonds is 10. The Bertz CT molecular complexity index is 1080. The highest BCUT2D eigenvalue weighted by molar-refractivity contribution is 7.89. The molecule has 1 fully saturated rings. The molecule has 3 rings (SSSR count). The van der Waals surface area contributed by atoms with E-state index in [1.165, 1.54) is 23.5 Å². The van der Waals surface area contributed by atoms with Crippen LogP contribution in [0.15, 0.2) is 47.4 Å². The van der Waals surface area contributed by atoms with Crippen molar-refractivity contribution in [1.29, 1.82) is 0 Å². The van der Waals surface area contributed by atoms with E-state index < -0.39 is 28.4 Å². The van der Waals surface area contributed by atoms with Crippen LogP contribution in [0.25, 0.3) is 0 Å². The highest BCUT2D eigenvalue weighted by atomic mass is 35.5. The van der Waals surface area contributed by atoms with E-state index >= 15 is 0 Å². The summed E-state index contributed by atoms with van der Waals surface area (Å²) in [6.45, 7) is 2.25. The van der Waals surface area contributed by atoms with Crippen molar-refractivity contribution in [1.82, 2.24) is 9.21 Å². The first-order chi connectivity index (χ1) is 16.2. The van der Waals surface area contributed by atoms with Gasteiger partial charge in [0.1, 0.15) is 18.1 Å². The number of halogens is 3. The van der Waals surface area contributed by atoms with Crippen molar-refractivity contribution in [3.8, 4) is 5.75 Å². The summed E-state index contributed by atoms with van der Waals surface area (Å²) in [5.74, 6) is -0.528. The molecule has 0 aliphatic carbocycles. The molecule has 0 unspecified atom stereocenters. The van der Waals surface area contributed by atoms with Crippen LogP contribution < -0.4 is 4.74 Å². The van der Waals surface area contributed by atoms with Crippen molar-refractivity contribution in [2.24, 2.45) is 0 Å². The van der Waals surface area contributed by atoms with Gasteiger partial charge in [-0.2, -0.15) is 4.31 Å². The Morgan fingerprint density at radius 3 is 2.41 bits per heavy atom. The second-order valence-corrected chi connectivity index (χ2v) is 10.6. The molecule has 11 heteroatoms. The highest BCUT2D eigenvalue weighted by Gasteiger charge is 2.35. The molecule has 2 aromatic carbocycles. The Morgan fingerprint density at radius 2 is 1.79 bits per heavy atom. The first kappa shape index (κ1) is 26.7. The van der Waals surface area contributed by atoms with Gasteiger partial charge in [0, 0.05) is 18.7 Å². The van der Waals surface area contributed by atoms with Crippen molar-refractivity contribution in [3.63, 3.8) is 0 Å².